The summed E-state index contributed by atoms with van der Waals surface area (Å²) in [5, 5.41) is 20.9. The van der Waals surface area contributed by atoms with Gasteiger partial charge in [-0.2, -0.15) is 5.10 Å². The molecule has 5 nitrogen and oxygen atoms in total. The Labute approximate surface area is 117 Å². The minimum atomic E-state index is -0.750. The number of hydrogen-bond donors (Lipinski definition) is 3. The zero-order valence-electron chi connectivity index (χ0n) is 11.4. The lowest BCUT2D eigenvalue weighted by Crippen LogP contribution is -2.44. The highest BCUT2D eigenvalue weighted by atomic mass is 16.3. The van der Waals surface area contributed by atoms with Crippen LogP contribution in [0.2, 0.25) is 0 Å². The number of carbonyl (C=O) groups excluding carboxylic acids is 1. The number of nitrogens with zero attached hydrogens (tertiary/aromatic N) is 1. The van der Waals surface area contributed by atoms with Gasteiger partial charge in [0.25, 0.3) is 5.91 Å². The number of aromatic amines is 1. The number of hydrogen-bond acceptors (Lipinski definition) is 3. The normalized spacial score (nSPS) is 18.1. The van der Waals surface area contributed by atoms with Crippen molar-refractivity contribution in [1.29, 1.82) is 0 Å². The Morgan fingerprint density at radius 3 is 2.85 bits per heavy atom. The van der Waals surface area contributed by atoms with E-state index in [0.717, 1.165) is 36.6 Å². The van der Waals surface area contributed by atoms with Crippen molar-refractivity contribution in [2.24, 2.45) is 0 Å². The van der Waals surface area contributed by atoms with Crippen molar-refractivity contribution in [3.05, 3.63) is 30.0 Å². The number of nitrogens with one attached hydrogen (secondary N) is 2. The Hall–Kier alpha value is -1.88. The maximum absolute atomic E-state index is 12.2. The topological polar surface area (TPSA) is 78.0 Å². The van der Waals surface area contributed by atoms with E-state index in [2.05, 4.69) is 15.5 Å². The Morgan fingerprint density at radius 1 is 1.30 bits per heavy atom. The average molecular weight is 273 g/mol. The number of carbonyl (C=O) groups is 1. The number of fused-ring (bicyclic) bond motifs is 1. The lowest BCUT2D eigenvalue weighted by atomic mass is 9.85. The van der Waals surface area contributed by atoms with Crippen LogP contribution >= 0.6 is 0 Å². The van der Waals surface area contributed by atoms with Crippen molar-refractivity contribution >= 4 is 16.8 Å². The van der Waals surface area contributed by atoms with Crippen LogP contribution in [0.1, 0.15) is 42.6 Å². The second-order valence-corrected chi connectivity index (χ2v) is 5.59. The maximum atomic E-state index is 12.2. The molecule has 1 amide bonds. The molecule has 1 aliphatic carbocycles. The van der Waals surface area contributed by atoms with Crippen molar-refractivity contribution in [2.75, 3.05) is 6.54 Å². The van der Waals surface area contributed by atoms with Gasteiger partial charge in [0, 0.05) is 11.9 Å². The van der Waals surface area contributed by atoms with E-state index >= 15 is 0 Å². The molecular formula is C15H19N3O2. The third-order valence-corrected chi connectivity index (χ3v) is 4.05. The SMILES string of the molecule is O=C(NCC1(O)CCCCC1)c1n[nH]c2ccccc12. The fraction of sp³-hybridized carbons (Fsp3) is 0.467. The molecule has 5 heteroatoms. The van der Waals surface area contributed by atoms with E-state index < -0.39 is 5.60 Å². The minimum absolute atomic E-state index is 0.235. The Balaban J connectivity index is 1.70. The van der Waals surface area contributed by atoms with Crippen molar-refractivity contribution in [1.82, 2.24) is 15.5 Å². The highest BCUT2D eigenvalue weighted by Crippen LogP contribution is 2.27. The molecule has 0 saturated heterocycles. The molecule has 0 radical (unpaired) electrons. The molecule has 0 spiro atoms. The summed E-state index contributed by atoms with van der Waals surface area (Å²) in [5.74, 6) is -0.235. The van der Waals surface area contributed by atoms with Gasteiger partial charge >= 0.3 is 0 Å². The summed E-state index contributed by atoms with van der Waals surface area (Å²) in [7, 11) is 0. The molecule has 1 aromatic carbocycles. The molecule has 1 heterocycles. The standard InChI is InChI=1S/C15H19N3O2/c19-14(16-10-15(20)8-4-1-5-9-15)13-11-6-2-3-7-12(11)17-18-13/h2-3,6-7,20H,1,4-5,8-10H2,(H,16,19)(H,17,18). The lowest BCUT2D eigenvalue weighted by molar-refractivity contribution is 0.00522. The number of rotatable bonds is 3. The summed E-state index contributed by atoms with van der Waals surface area (Å²) in [5.41, 5.74) is 0.481. The summed E-state index contributed by atoms with van der Waals surface area (Å²) in [6.45, 7) is 0.299. The monoisotopic (exact) mass is 273 g/mol. The molecule has 0 unspecified atom stereocenters. The first-order chi connectivity index (χ1) is 9.68. The number of H-pyrrole nitrogens is 1. The van der Waals surface area contributed by atoms with Crippen molar-refractivity contribution in [3.8, 4) is 0 Å². The highest BCUT2D eigenvalue weighted by molar-refractivity contribution is 6.04. The summed E-state index contributed by atoms with van der Waals surface area (Å²) in [6, 6.07) is 7.52. The number of aromatic nitrogens is 2. The van der Waals surface area contributed by atoms with Crippen molar-refractivity contribution in [2.45, 2.75) is 37.7 Å². The summed E-state index contributed by atoms with van der Waals surface area (Å²) in [6.07, 6.45) is 4.73. The molecule has 0 bridgehead atoms. The van der Waals surface area contributed by atoms with Crippen molar-refractivity contribution < 1.29 is 9.90 Å². The van der Waals surface area contributed by atoms with Crippen LogP contribution in [0.15, 0.2) is 24.3 Å². The molecule has 3 rings (SSSR count). The fourth-order valence-corrected chi connectivity index (χ4v) is 2.85. The number of para-hydroxylation sites is 1. The quantitative estimate of drug-likeness (QED) is 0.800. The van der Waals surface area contributed by atoms with E-state index in [-0.39, 0.29) is 5.91 Å². The summed E-state index contributed by atoms with van der Waals surface area (Å²) in [4.78, 5) is 12.2. The smallest absolute Gasteiger partial charge is 0.272 e. The molecule has 3 N–H and O–H groups in total. The molecule has 1 saturated carbocycles. The molecule has 1 aliphatic rings. The second kappa shape index (κ2) is 5.25. The van der Waals surface area contributed by atoms with Crippen LogP contribution in [0.5, 0.6) is 0 Å². The van der Waals surface area contributed by atoms with E-state index in [9.17, 15) is 9.90 Å². The molecular weight excluding hydrogens is 254 g/mol. The maximum Gasteiger partial charge on any atom is 0.272 e. The van der Waals surface area contributed by atoms with Gasteiger partial charge in [-0.15, -0.1) is 0 Å². The van der Waals surface area contributed by atoms with Crippen LogP contribution in [0, 0.1) is 0 Å². The Morgan fingerprint density at radius 2 is 2.05 bits per heavy atom. The highest BCUT2D eigenvalue weighted by Gasteiger charge is 2.30. The van der Waals surface area contributed by atoms with Gasteiger partial charge in [0.2, 0.25) is 0 Å². The van der Waals surface area contributed by atoms with Crippen LogP contribution in [-0.2, 0) is 0 Å². The van der Waals surface area contributed by atoms with Crippen LogP contribution in [0.25, 0.3) is 10.9 Å². The number of amides is 1. The number of benzene rings is 1. The summed E-state index contributed by atoms with van der Waals surface area (Å²) < 4.78 is 0. The fourth-order valence-electron chi connectivity index (χ4n) is 2.85. The third kappa shape index (κ3) is 2.54. The predicted octanol–water partition coefficient (Wildman–Crippen LogP) is 1.99. The van der Waals surface area contributed by atoms with Gasteiger partial charge in [0.15, 0.2) is 5.69 Å². The van der Waals surface area contributed by atoms with E-state index in [1.54, 1.807) is 0 Å². The first-order valence-electron chi connectivity index (χ1n) is 7.12. The lowest BCUT2D eigenvalue weighted by Gasteiger charge is -2.31. The first kappa shape index (κ1) is 13.1. The van der Waals surface area contributed by atoms with Gasteiger partial charge in [-0.25, -0.2) is 0 Å². The average Bonchev–Trinajstić information content (AvgIpc) is 2.90. The van der Waals surface area contributed by atoms with Crippen LogP contribution in [0.3, 0.4) is 0 Å². The predicted molar refractivity (Wildman–Crippen MR) is 76.5 cm³/mol. The number of aliphatic hydroxyl groups is 1. The summed E-state index contributed by atoms with van der Waals surface area (Å²) >= 11 is 0. The van der Waals surface area contributed by atoms with E-state index in [1.807, 2.05) is 24.3 Å². The Bertz CT molecular complexity index is 614. The minimum Gasteiger partial charge on any atom is -0.388 e. The Kier molecular flexibility index (Phi) is 3.44. The molecule has 1 aromatic heterocycles. The molecule has 2 aromatic rings. The first-order valence-corrected chi connectivity index (χ1v) is 7.12. The van der Waals surface area contributed by atoms with Gasteiger partial charge in [-0.1, -0.05) is 37.5 Å². The molecule has 106 valence electrons. The van der Waals surface area contributed by atoms with E-state index in [1.165, 1.54) is 6.42 Å². The van der Waals surface area contributed by atoms with Gasteiger partial charge in [-0.3, -0.25) is 9.89 Å². The zero-order chi connectivity index (χ0) is 14.0. The zero-order valence-corrected chi connectivity index (χ0v) is 11.4. The van der Waals surface area contributed by atoms with Crippen molar-refractivity contribution in [3.63, 3.8) is 0 Å². The van der Waals surface area contributed by atoms with E-state index in [0.29, 0.717) is 12.2 Å². The molecule has 0 atom stereocenters. The van der Waals surface area contributed by atoms with Gasteiger partial charge in [-0.05, 0) is 18.9 Å². The van der Waals surface area contributed by atoms with E-state index in [4.69, 9.17) is 0 Å². The van der Waals surface area contributed by atoms with Crippen LogP contribution in [0.4, 0.5) is 0 Å². The van der Waals surface area contributed by atoms with Gasteiger partial charge < -0.3 is 10.4 Å². The largest absolute Gasteiger partial charge is 0.388 e. The molecule has 1 fully saturated rings. The second-order valence-electron chi connectivity index (χ2n) is 5.59. The molecule has 20 heavy (non-hydrogen) atoms. The van der Waals surface area contributed by atoms with Gasteiger partial charge in [0.1, 0.15) is 0 Å². The molecule has 0 aliphatic heterocycles. The van der Waals surface area contributed by atoms with Gasteiger partial charge in [0.05, 0.1) is 11.1 Å². The van der Waals surface area contributed by atoms with Crippen LogP contribution in [-0.4, -0.2) is 33.4 Å². The van der Waals surface area contributed by atoms with Crippen LogP contribution < -0.4 is 5.32 Å². The third-order valence-electron chi connectivity index (χ3n) is 4.05.